The Kier molecular flexibility index (Phi) is 6.80. The van der Waals surface area contributed by atoms with Crippen molar-refractivity contribution in [2.24, 2.45) is 4.99 Å². The Bertz CT molecular complexity index is 1060. The molecule has 0 radical (unpaired) electrons. The summed E-state index contributed by atoms with van der Waals surface area (Å²) in [6, 6.07) is 23.7. The molecule has 0 saturated heterocycles. The summed E-state index contributed by atoms with van der Waals surface area (Å²) in [5.74, 6) is 0.764. The fourth-order valence-electron chi connectivity index (χ4n) is 2.83. The SMILES string of the molecule is CCOc1ccccc1C=Nc1ccc(S(=O)(=O)N(C)Cc2ccccc2)cc1. The Morgan fingerprint density at radius 3 is 2.28 bits per heavy atom. The molecule has 0 amide bonds. The van der Waals surface area contributed by atoms with Gasteiger partial charge in [-0.2, -0.15) is 4.31 Å². The number of hydrogen-bond donors (Lipinski definition) is 0. The number of ether oxygens (including phenoxy) is 1. The Hall–Kier alpha value is -2.96. The van der Waals surface area contributed by atoms with Crippen LogP contribution in [0.5, 0.6) is 5.75 Å². The molecular formula is C23H24N2O3S. The molecule has 0 spiro atoms. The first kappa shape index (κ1) is 20.8. The smallest absolute Gasteiger partial charge is 0.243 e. The Morgan fingerprint density at radius 1 is 0.931 bits per heavy atom. The first-order valence-electron chi connectivity index (χ1n) is 9.37. The molecule has 3 aromatic carbocycles. The molecule has 0 atom stereocenters. The van der Waals surface area contributed by atoms with Crippen LogP contribution in [0.1, 0.15) is 18.1 Å². The van der Waals surface area contributed by atoms with E-state index in [9.17, 15) is 8.42 Å². The minimum Gasteiger partial charge on any atom is -0.493 e. The van der Waals surface area contributed by atoms with E-state index < -0.39 is 10.0 Å². The lowest BCUT2D eigenvalue weighted by Crippen LogP contribution is -2.26. The molecule has 0 aromatic heterocycles. The minimum absolute atomic E-state index is 0.240. The molecule has 3 aromatic rings. The molecule has 0 aliphatic rings. The van der Waals surface area contributed by atoms with Crippen molar-refractivity contribution in [3.63, 3.8) is 0 Å². The fourth-order valence-corrected chi connectivity index (χ4v) is 3.99. The van der Waals surface area contributed by atoms with Crippen LogP contribution in [0.3, 0.4) is 0 Å². The third kappa shape index (κ3) is 5.31. The normalized spacial score (nSPS) is 11.8. The van der Waals surface area contributed by atoms with E-state index in [0.717, 1.165) is 16.9 Å². The van der Waals surface area contributed by atoms with Gasteiger partial charge in [-0.15, -0.1) is 0 Å². The summed E-state index contributed by atoms with van der Waals surface area (Å²) in [4.78, 5) is 4.68. The van der Waals surface area contributed by atoms with Crippen molar-refractivity contribution in [3.05, 3.63) is 90.0 Å². The van der Waals surface area contributed by atoms with Gasteiger partial charge in [-0.3, -0.25) is 4.99 Å². The van der Waals surface area contributed by atoms with Gasteiger partial charge >= 0.3 is 0 Å². The molecule has 29 heavy (non-hydrogen) atoms. The molecule has 5 nitrogen and oxygen atoms in total. The second kappa shape index (κ2) is 9.49. The lowest BCUT2D eigenvalue weighted by Gasteiger charge is -2.17. The Balaban J connectivity index is 1.74. The van der Waals surface area contributed by atoms with E-state index in [2.05, 4.69) is 4.99 Å². The molecular weight excluding hydrogens is 384 g/mol. The second-order valence-electron chi connectivity index (χ2n) is 6.47. The highest BCUT2D eigenvalue weighted by Gasteiger charge is 2.20. The van der Waals surface area contributed by atoms with Crippen LogP contribution in [0.25, 0.3) is 0 Å². The summed E-state index contributed by atoms with van der Waals surface area (Å²) in [5.41, 5.74) is 2.47. The number of aliphatic imine (C=N–C) groups is 1. The molecule has 0 saturated carbocycles. The predicted octanol–water partition coefficient (Wildman–Crippen LogP) is 4.66. The van der Waals surface area contributed by atoms with Gasteiger partial charge in [0.05, 0.1) is 17.2 Å². The third-order valence-corrected chi connectivity index (χ3v) is 6.18. The molecule has 3 rings (SSSR count). The van der Waals surface area contributed by atoms with Gasteiger partial charge in [-0.1, -0.05) is 42.5 Å². The molecule has 0 aliphatic carbocycles. The van der Waals surface area contributed by atoms with Crippen molar-refractivity contribution < 1.29 is 13.2 Å². The molecule has 0 unspecified atom stereocenters. The van der Waals surface area contributed by atoms with E-state index in [0.29, 0.717) is 18.8 Å². The highest BCUT2D eigenvalue weighted by atomic mass is 32.2. The van der Waals surface area contributed by atoms with Crippen molar-refractivity contribution >= 4 is 21.9 Å². The zero-order valence-corrected chi connectivity index (χ0v) is 17.3. The van der Waals surface area contributed by atoms with Crippen LogP contribution >= 0.6 is 0 Å². The quantitative estimate of drug-likeness (QED) is 0.510. The molecule has 0 fully saturated rings. The van der Waals surface area contributed by atoms with Crippen molar-refractivity contribution in [3.8, 4) is 5.75 Å². The van der Waals surface area contributed by atoms with Crippen molar-refractivity contribution in [2.75, 3.05) is 13.7 Å². The second-order valence-corrected chi connectivity index (χ2v) is 8.51. The van der Waals surface area contributed by atoms with E-state index >= 15 is 0 Å². The topological polar surface area (TPSA) is 59.0 Å². The number of benzene rings is 3. The Morgan fingerprint density at radius 2 is 1.59 bits per heavy atom. The summed E-state index contributed by atoms with van der Waals surface area (Å²) in [7, 11) is -1.99. The van der Waals surface area contributed by atoms with Gasteiger partial charge in [0.1, 0.15) is 5.75 Å². The van der Waals surface area contributed by atoms with E-state index in [-0.39, 0.29) is 4.90 Å². The van der Waals surface area contributed by atoms with Crippen LogP contribution in [0.2, 0.25) is 0 Å². The van der Waals surface area contributed by atoms with Gasteiger partial charge in [0.15, 0.2) is 0 Å². The molecule has 0 N–H and O–H groups in total. The number of hydrogen-bond acceptors (Lipinski definition) is 4. The van der Waals surface area contributed by atoms with Crippen LogP contribution in [0.15, 0.2) is 88.8 Å². The summed E-state index contributed by atoms with van der Waals surface area (Å²) < 4.78 is 32.6. The summed E-state index contributed by atoms with van der Waals surface area (Å²) >= 11 is 0. The van der Waals surface area contributed by atoms with Gasteiger partial charge in [-0.05, 0) is 48.9 Å². The van der Waals surface area contributed by atoms with Crippen LogP contribution in [-0.2, 0) is 16.6 Å². The number of para-hydroxylation sites is 1. The summed E-state index contributed by atoms with van der Waals surface area (Å²) in [5, 5.41) is 0. The summed E-state index contributed by atoms with van der Waals surface area (Å²) in [6.45, 7) is 2.83. The number of nitrogens with zero attached hydrogens (tertiary/aromatic N) is 2. The molecule has 0 aliphatic heterocycles. The third-order valence-electron chi connectivity index (χ3n) is 4.36. The first-order valence-corrected chi connectivity index (χ1v) is 10.8. The predicted molar refractivity (Wildman–Crippen MR) is 116 cm³/mol. The van der Waals surface area contributed by atoms with Crippen LogP contribution in [-0.4, -0.2) is 32.6 Å². The van der Waals surface area contributed by atoms with Gasteiger partial charge < -0.3 is 4.74 Å². The first-order chi connectivity index (χ1) is 14.0. The highest BCUT2D eigenvalue weighted by Crippen LogP contribution is 2.22. The monoisotopic (exact) mass is 408 g/mol. The van der Waals surface area contributed by atoms with Gasteiger partial charge in [-0.25, -0.2) is 8.42 Å². The average molecular weight is 409 g/mol. The molecule has 150 valence electrons. The van der Waals surface area contributed by atoms with Gasteiger partial charge in [0.25, 0.3) is 0 Å². The van der Waals surface area contributed by atoms with Crippen LogP contribution in [0.4, 0.5) is 5.69 Å². The zero-order chi connectivity index (χ0) is 20.7. The maximum Gasteiger partial charge on any atom is 0.243 e. The van der Waals surface area contributed by atoms with E-state index in [1.165, 1.54) is 4.31 Å². The highest BCUT2D eigenvalue weighted by molar-refractivity contribution is 7.89. The average Bonchev–Trinajstić information content (AvgIpc) is 2.74. The van der Waals surface area contributed by atoms with Crippen molar-refractivity contribution in [1.82, 2.24) is 4.31 Å². The van der Waals surface area contributed by atoms with E-state index in [1.807, 2.05) is 61.5 Å². The zero-order valence-electron chi connectivity index (χ0n) is 16.5. The van der Waals surface area contributed by atoms with Gasteiger partial charge in [0, 0.05) is 25.4 Å². The minimum atomic E-state index is -3.57. The van der Waals surface area contributed by atoms with E-state index in [1.54, 1.807) is 37.5 Å². The fraction of sp³-hybridized carbons (Fsp3) is 0.174. The Labute approximate surface area is 172 Å². The standard InChI is InChI=1S/C23H24N2O3S/c1-3-28-23-12-8-7-11-20(23)17-24-21-13-15-22(16-14-21)29(26,27)25(2)18-19-9-5-4-6-10-19/h4-17H,3,18H2,1-2H3. The maximum absolute atomic E-state index is 12.8. The molecule has 6 heteroatoms. The molecule has 0 heterocycles. The van der Waals surface area contributed by atoms with Crippen LogP contribution in [0, 0.1) is 0 Å². The largest absolute Gasteiger partial charge is 0.493 e. The number of sulfonamides is 1. The molecule has 0 bridgehead atoms. The summed E-state index contributed by atoms with van der Waals surface area (Å²) in [6.07, 6.45) is 1.72. The lowest BCUT2D eigenvalue weighted by atomic mass is 10.2. The van der Waals surface area contributed by atoms with Gasteiger partial charge in [0.2, 0.25) is 10.0 Å². The van der Waals surface area contributed by atoms with E-state index in [4.69, 9.17) is 4.74 Å². The van der Waals surface area contributed by atoms with Crippen LogP contribution < -0.4 is 4.74 Å². The van der Waals surface area contributed by atoms with Crippen molar-refractivity contribution in [2.45, 2.75) is 18.4 Å². The lowest BCUT2D eigenvalue weighted by molar-refractivity contribution is 0.340. The van der Waals surface area contributed by atoms with Crippen molar-refractivity contribution in [1.29, 1.82) is 0 Å². The maximum atomic E-state index is 12.8. The number of rotatable bonds is 8.